The Morgan fingerprint density at radius 1 is 1.31 bits per heavy atom. The lowest BCUT2D eigenvalue weighted by Crippen LogP contribution is -2.50. The van der Waals surface area contributed by atoms with Crippen molar-refractivity contribution in [2.45, 2.75) is 38.7 Å². The van der Waals surface area contributed by atoms with Crippen LogP contribution in [0.4, 0.5) is 0 Å². The summed E-state index contributed by atoms with van der Waals surface area (Å²) < 4.78 is 5.65. The van der Waals surface area contributed by atoms with Crippen LogP contribution in [-0.4, -0.2) is 50.3 Å². The minimum absolute atomic E-state index is 0.0840. The van der Waals surface area contributed by atoms with Crippen molar-refractivity contribution in [1.82, 2.24) is 10.2 Å². The molecule has 0 spiro atoms. The van der Waals surface area contributed by atoms with Gasteiger partial charge in [-0.15, -0.1) is 0 Å². The fourth-order valence-corrected chi connectivity index (χ4v) is 3.15. The van der Waals surface area contributed by atoms with Gasteiger partial charge in [0.2, 0.25) is 0 Å². The van der Waals surface area contributed by atoms with Gasteiger partial charge < -0.3 is 10.1 Å². The molecule has 3 heteroatoms. The van der Waals surface area contributed by atoms with Crippen LogP contribution in [0, 0.1) is 5.41 Å². The number of hydrogen-bond donors (Lipinski definition) is 1. The Labute approximate surface area is 99.5 Å². The number of methoxy groups -OCH3 is 1. The van der Waals surface area contributed by atoms with Crippen LogP contribution in [0.1, 0.15) is 33.1 Å². The molecule has 94 valence electrons. The van der Waals surface area contributed by atoms with Gasteiger partial charge in [0, 0.05) is 26.7 Å². The summed E-state index contributed by atoms with van der Waals surface area (Å²) in [4.78, 5) is 2.60. The molecule has 2 saturated heterocycles. The Morgan fingerprint density at radius 3 is 2.75 bits per heavy atom. The molecule has 2 unspecified atom stereocenters. The maximum Gasteiger partial charge on any atom is 0.0777 e. The predicted octanol–water partition coefficient (Wildman–Crippen LogP) is 1.49. The largest absolute Gasteiger partial charge is 0.377 e. The van der Waals surface area contributed by atoms with Crippen molar-refractivity contribution in [1.29, 1.82) is 0 Å². The van der Waals surface area contributed by atoms with Crippen LogP contribution in [-0.2, 0) is 4.74 Å². The normalized spacial score (nSPS) is 41.4. The molecule has 0 amide bonds. The third-order valence-electron chi connectivity index (χ3n) is 4.29. The van der Waals surface area contributed by atoms with E-state index in [1.54, 1.807) is 0 Å². The minimum atomic E-state index is 0.0840. The summed E-state index contributed by atoms with van der Waals surface area (Å²) in [5, 5.41) is 3.48. The SMILES string of the molecule is COC1(C)CCCN(CC2(C)CCNC2)C1. The van der Waals surface area contributed by atoms with Crippen LogP contribution in [0.15, 0.2) is 0 Å². The zero-order valence-electron chi connectivity index (χ0n) is 11.0. The summed E-state index contributed by atoms with van der Waals surface area (Å²) in [6.45, 7) is 10.6. The van der Waals surface area contributed by atoms with Gasteiger partial charge in [-0.1, -0.05) is 6.92 Å². The summed E-state index contributed by atoms with van der Waals surface area (Å²) in [5.41, 5.74) is 0.562. The molecule has 2 rings (SSSR count). The summed E-state index contributed by atoms with van der Waals surface area (Å²) in [7, 11) is 1.85. The highest BCUT2D eigenvalue weighted by molar-refractivity contribution is 4.91. The Hall–Kier alpha value is -0.120. The van der Waals surface area contributed by atoms with Crippen molar-refractivity contribution < 1.29 is 4.74 Å². The van der Waals surface area contributed by atoms with Crippen LogP contribution in [0.25, 0.3) is 0 Å². The van der Waals surface area contributed by atoms with E-state index in [4.69, 9.17) is 4.74 Å². The molecule has 0 radical (unpaired) electrons. The standard InChI is InChI=1S/C13H26N2O/c1-12(6-7-14-9-12)10-15-8-4-5-13(2,11-15)16-3/h14H,4-11H2,1-3H3. The topological polar surface area (TPSA) is 24.5 Å². The number of hydrogen-bond acceptors (Lipinski definition) is 3. The molecule has 2 aliphatic rings. The van der Waals surface area contributed by atoms with Crippen molar-refractivity contribution in [2.24, 2.45) is 5.41 Å². The molecule has 1 N–H and O–H groups in total. The number of ether oxygens (including phenoxy) is 1. The fourth-order valence-electron chi connectivity index (χ4n) is 3.15. The van der Waals surface area contributed by atoms with Crippen molar-refractivity contribution in [3.05, 3.63) is 0 Å². The van der Waals surface area contributed by atoms with Crippen LogP contribution < -0.4 is 5.32 Å². The van der Waals surface area contributed by atoms with Crippen molar-refractivity contribution in [3.8, 4) is 0 Å². The van der Waals surface area contributed by atoms with Gasteiger partial charge in [-0.05, 0) is 44.7 Å². The van der Waals surface area contributed by atoms with E-state index in [2.05, 4.69) is 24.1 Å². The number of nitrogens with one attached hydrogen (secondary N) is 1. The van der Waals surface area contributed by atoms with E-state index >= 15 is 0 Å². The van der Waals surface area contributed by atoms with E-state index in [1.807, 2.05) is 7.11 Å². The molecule has 0 saturated carbocycles. The molecule has 16 heavy (non-hydrogen) atoms. The molecule has 3 nitrogen and oxygen atoms in total. The quantitative estimate of drug-likeness (QED) is 0.789. The van der Waals surface area contributed by atoms with Gasteiger partial charge in [0.15, 0.2) is 0 Å². The van der Waals surface area contributed by atoms with Crippen molar-refractivity contribution >= 4 is 0 Å². The van der Waals surface area contributed by atoms with Gasteiger partial charge in [0.05, 0.1) is 5.60 Å². The lowest BCUT2D eigenvalue weighted by molar-refractivity contribution is -0.0573. The number of rotatable bonds is 3. The molecule has 0 aromatic heterocycles. The first kappa shape index (κ1) is 12.3. The van der Waals surface area contributed by atoms with Gasteiger partial charge in [-0.25, -0.2) is 0 Å². The van der Waals surface area contributed by atoms with Gasteiger partial charge in [0.25, 0.3) is 0 Å². The molecule has 0 aliphatic carbocycles. The second kappa shape index (κ2) is 4.63. The molecule has 2 fully saturated rings. The zero-order valence-corrected chi connectivity index (χ0v) is 11.0. The minimum Gasteiger partial charge on any atom is -0.377 e. The Balaban J connectivity index is 1.90. The lowest BCUT2D eigenvalue weighted by Gasteiger charge is -2.42. The third kappa shape index (κ3) is 2.76. The first-order valence-corrected chi connectivity index (χ1v) is 6.54. The highest BCUT2D eigenvalue weighted by atomic mass is 16.5. The second-order valence-corrected chi connectivity index (χ2v) is 6.21. The fraction of sp³-hybridized carbons (Fsp3) is 1.00. The van der Waals surface area contributed by atoms with E-state index in [0.29, 0.717) is 5.41 Å². The van der Waals surface area contributed by atoms with Gasteiger partial charge in [-0.2, -0.15) is 0 Å². The van der Waals surface area contributed by atoms with E-state index < -0.39 is 0 Å². The first-order valence-electron chi connectivity index (χ1n) is 6.54. The molecule has 2 aliphatic heterocycles. The van der Waals surface area contributed by atoms with E-state index in [-0.39, 0.29) is 5.60 Å². The van der Waals surface area contributed by atoms with Crippen molar-refractivity contribution in [3.63, 3.8) is 0 Å². The Bertz CT molecular complexity index is 238. The number of piperidine rings is 1. The van der Waals surface area contributed by atoms with E-state index in [9.17, 15) is 0 Å². The summed E-state index contributed by atoms with van der Waals surface area (Å²) in [5.74, 6) is 0. The second-order valence-electron chi connectivity index (χ2n) is 6.21. The van der Waals surface area contributed by atoms with Crippen molar-refractivity contribution in [2.75, 3.05) is 39.8 Å². The van der Waals surface area contributed by atoms with E-state index in [0.717, 1.165) is 6.54 Å². The average molecular weight is 226 g/mol. The summed E-state index contributed by atoms with van der Waals surface area (Å²) in [6.07, 6.45) is 3.79. The maximum absolute atomic E-state index is 5.65. The Kier molecular flexibility index (Phi) is 3.57. The monoisotopic (exact) mass is 226 g/mol. The third-order valence-corrected chi connectivity index (χ3v) is 4.29. The highest BCUT2D eigenvalue weighted by Crippen LogP contribution is 2.30. The van der Waals surface area contributed by atoms with Crippen LogP contribution in [0.3, 0.4) is 0 Å². The molecular formula is C13H26N2O. The Morgan fingerprint density at radius 2 is 2.12 bits per heavy atom. The predicted molar refractivity (Wildman–Crippen MR) is 66.7 cm³/mol. The lowest BCUT2D eigenvalue weighted by atomic mass is 9.87. The number of nitrogens with zero attached hydrogens (tertiary/aromatic N) is 1. The molecule has 2 atom stereocenters. The molecular weight excluding hydrogens is 200 g/mol. The average Bonchev–Trinajstić information content (AvgIpc) is 2.65. The van der Waals surface area contributed by atoms with Gasteiger partial charge >= 0.3 is 0 Å². The molecule has 2 heterocycles. The zero-order chi connectivity index (χ0) is 11.6. The van der Waals surface area contributed by atoms with Crippen LogP contribution >= 0.6 is 0 Å². The molecule has 0 aromatic rings. The smallest absolute Gasteiger partial charge is 0.0777 e. The van der Waals surface area contributed by atoms with E-state index in [1.165, 1.54) is 45.4 Å². The number of likely N-dealkylation sites (tertiary alicyclic amines) is 1. The van der Waals surface area contributed by atoms with Crippen LogP contribution in [0.2, 0.25) is 0 Å². The first-order chi connectivity index (χ1) is 7.55. The van der Waals surface area contributed by atoms with Crippen LogP contribution in [0.5, 0.6) is 0 Å². The molecule has 0 aromatic carbocycles. The van der Waals surface area contributed by atoms with Gasteiger partial charge in [0.1, 0.15) is 0 Å². The van der Waals surface area contributed by atoms with Gasteiger partial charge in [-0.3, -0.25) is 4.90 Å². The highest BCUT2D eigenvalue weighted by Gasteiger charge is 2.36. The molecule has 0 bridgehead atoms. The summed E-state index contributed by atoms with van der Waals surface area (Å²) >= 11 is 0. The maximum atomic E-state index is 5.65. The summed E-state index contributed by atoms with van der Waals surface area (Å²) in [6, 6.07) is 0.